The van der Waals surface area contributed by atoms with Crippen LogP contribution in [0, 0.1) is 12.0 Å². The van der Waals surface area contributed by atoms with E-state index in [0.29, 0.717) is 19.6 Å². The van der Waals surface area contributed by atoms with Gasteiger partial charge >= 0.3 is 0 Å². The van der Waals surface area contributed by atoms with E-state index >= 15 is 0 Å². The molecule has 0 aliphatic heterocycles. The lowest BCUT2D eigenvalue weighted by atomic mass is 10.00. The molecular formula is C18H30N2O4S. The Bertz CT molecular complexity index is 485. The normalized spacial score (nSPS) is 11.3. The average molecular weight is 371 g/mol. The maximum absolute atomic E-state index is 9.18. The molecule has 0 radical (unpaired) electrons. The van der Waals surface area contributed by atoms with Crippen LogP contribution in [0.1, 0.15) is 36.6 Å². The summed E-state index contributed by atoms with van der Waals surface area (Å²) in [6.45, 7) is 4.08. The van der Waals surface area contributed by atoms with Crippen molar-refractivity contribution in [3.63, 3.8) is 0 Å². The van der Waals surface area contributed by atoms with E-state index in [4.69, 9.17) is 10.2 Å². The Labute approximate surface area is 154 Å². The third kappa shape index (κ3) is 12.3. The third-order valence-corrected chi connectivity index (χ3v) is 4.54. The van der Waals surface area contributed by atoms with E-state index in [-0.39, 0.29) is 6.61 Å². The fourth-order valence-electron chi connectivity index (χ4n) is 2.08. The Morgan fingerprint density at radius 3 is 2.68 bits per heavy atom. The van der Waals surface area contributed by atoms with Crippen LogP contribution >= 0.6 is 11.3 Å². The minimum atomic E-state index is 0.194. The van der Waals surface area contributed by atoms with Crippen LogP contribution in [0.5, 0.6) is 0 Å². The third-order valence-electron chi connectivity index (χ3n) is 3.28. The van der Waals surface area contributed by atoms with Crippen molar-refractivity contribution < 1.29 is 19.7 Å². The molecule has 0 amide bonds. The molecule has 4 N–H and O–H groups in total. The summed E-state index contributed by atoms with van der Waals surface area (Å²) in [5, 5.41) is 23.7. The zero-order valence-corrected chi connectivity index (χ0v) is 16.0. The van der Waals surface area contributed by atoms with E-state index in [1.54, 1.807) is 23.5 Å². The highest BCUT2D eigenvalue weighted by Crippen LogP contribution is 2.32. The van der Waals surface area contributed by atoms with Crippen LogP contribution < -0.4 is 10.6 Å². The van der Waals surface area contributed by atoms with Gasteiger partial charge < -0.3 is 25.6 Å². The number of carbonyl (C=O) groups is 1. The summed E-state index contributed by atoms with van der Waals surface area (Å²) in [4.78, 5) is 10.8. The lowest BCUT2D eigenvalue weighted by molar-refractivity contribution is -0.128. The number of aliphatic hydroxyl groups is 2. The van der Waals surface area contributed by atoms with Gasteiger partial charge in [0, 0.05) is 18.5 Å². The molecule has 0 saturated carbocycles. The van der Waals surface area contributed by atoms with Crippen molar-refractivity contribution in [1.82, 2.24) is 5.32 Å². The number of hydrogen-bond donors (Lipinski definition) is 4. The topological polar surface area (TPSA) is 90.8 Å². The molecule has 1 heterocycles. The van der Waals surface area contributed by atoms with Crippen molar-refractivity contribution >= 4 is 22.8 Å². The Balaban J connectivity index is 0.000000374. The van der Waals surface area contributed by atoms with Gasteiger partial charge in [-0.1, -0.05) is 0 Å². The standard InChI is InChI=1S/C9H13NS.C6H11NO2.C3H6O2/c1-10-9-6-7-4-2-3-5-8(7)11-9;8-5-1-3-7-4-2-6-9;1-2-5-3-4/h6,10H,2-5H2,1H3;7-9H,1,3-5H2;3H,2H2,1H3. The molecule has 0 fully saturated rings. The maximum atomic E-state index is 9.18. The number of aryl methyl sites for hydroxylation is 2. The molecule has 0 unspecified atom stereocenters. The number of ether oxygens (including phenoxy) is 1. The Morgan fingerprint density at radius 2 is 2.16 bits per heavy atom. The summed E-state index contributed by atoms with van der Waals surface area (Å²) in [5.41, 5.74) is 1.59. The van der Waals surface area contributed by atoms with Crippen LogP contribution in [0.2, 0.25) is 0 Å². The molecule has 1 aliphatic rings. The molecule has 7 heteroatoms. The number of anilines is 1. The summed E-state index contributed by atoms with van der Waals surface area (Å²) in [6, 6.07) is 2.30. The van der Waals surface area contributed by atoms with Crippen molar-refractivity contribution in [2.45, 2.75) is 39.0 Å². The molecule has 0 atom stereocenters. The zero-order valence-electron chi connectivity index (χ0n) is 15.1. The molecule has 6 nitrogen and oxygen atoms in total. The van der Waals surface area contributed by atoms with Gasteiger partial charge in [-0.15, -0.1) is 11.3 Å². The molecule has 1 aromatic rings. The summed E-state index contributed by atoms with van der Waals surface area (Å²) in [6.07, 6.45) is 7.87. The first kappa shape index (κ1) is 23.2. The molecular weight excluding hydrogens is 340 g/mol. The number of fused-ring (bicyclic) bond motifs is 1. The summed E-state index contributed by atoms with van der Waals surface area (Å²) in [5.74, 6) is 2.42. The molecule has 0 spiro atoms. The van der Waals surface area contributed by atoms with E-state index in [2.05, 4.69) is 27.4 Å². The first-order chi connectivity index (χ1) is 12.2. The van der Waals surface area contributed by atoms with Crippen molar-refractivity contribution in [3.05, 3.63) is 16.5 Å². The molecule has 2 rings (SSSR count). The van der Waals surface area contributed by atoms with E-state index in [0.717, 1.165) is 13.0 Å². The second-order valence-electron chi connectivity index (χ2n) is 5.11. The van der Waals surface area contributed by atoms with Crippen LogP contribution in [-0.4, -0.2) is 50.0 Å². The summed E-state index contributed by atoms with van der Waals surface area (Å²) in [7, 11) is 2.00. The fraction of sp³-hybridized carbons (Fsp3) is 0.611. The molecule has 0 saturated heterocycles. The number of thiophene rings is 1. The first-order valence-electron chi connectivity index (χ1n) is 8.51. The smallest absolute Gasteiger partial charge is 0.293 e. The minimum absolute atomic E-state index is 0.194. The van der Waals surface area contributed by atoms with E-state index in [9.17, 15) is 4.79 Å². The second kappa shape index (κ2) is 17.1. The van der Waals surface area contributed by atoms with Crippen LogP contribution in [0.3, 0.4) is 0 Å². The first-order valence-corrected chi connectivity index (χ1v) is 9.33. The highest BCUT2D eigenvalue weighted by Gasteiger charge is 2.11. The number of rotatable bonds is 7. The molecule has 142 valence electrons. The van der Waals surface area contributed by atoms with Gasteiger partial charge in [0.2, 0.25) is 0 Å². The average Bonchev–Trinajstić information content (AvgIpc) is 3.07. The lowest BCUT2D eigenvalue weighted by Gasteiger charge is -2.08. The minimum Gasteiger partial charge on any atom is -0.468 e. The maximum Gasteiger partial charge on any atom is 0.293 e. The van der Waals surface area contributed by atoms with Crippen LogP contribution in [0.4, 0.5) is 5.00 Å². The van der Waals surface area contributed by atoms with Gasteiger partial charge in [-0.05, 0) is 63.1 Å². The van der Waals surface area contributed by atoms with Gasteiger partial charge in [-0.25, -0.2) is 0 Å². The Morgan fingerprint density at radius 1 is 1.40 bits per heavy atom. The molecule has 0 aromatic carbocycles. The van der Waals surface area contributed by atoms with Crippen LogP contribution in [0.15, 0.2) is 6.07 Å². The second-order valence-corrected chi connectivity index (χ2v) is 6.25. The number of aliphatic hydroxyl groups excluding tert-OH is 2. The predicted octanol–water partition coefficient (Wildman–Crippen LogP) is 2.14. The molecule has 1 aliphatic carbocycles. The number of carbonyl (C=O) groups excluding carboxylic acids is 1. The molecule has 25 heavy (non-hydrogen) atoms. The van der Waals surface area contributed by atoms with E-state index in [1.165, 1.54) is 30.7 Å². The Hall–Kier alpha value is -1.75. The number of hydrogen-bond acceptors (Lipinski definition) is 7. The molecule has 0 bridgehead atoms. The van der Waals surface area contributed by atoms with Crippen molar-refractivity contribution in [3.8, 4) is 12.0 Å². The quantitative estimate of drug-likeness (QED) is 0.334. The van der Waals surface area contributed by atoms with Crippen molar-refractivity contribution in [2.75, 3.05) is 38.7 Å². The van der Waals surface area contributed by atoms with E-state index < -0.39 is 0 Å². The van der Waals surface area contributed by atoms with Gasteiger partial charge in [-0.2, -0.15) is 0 Å². The van der Waals surface area contributed by atoms with Gasteiger partial charge in [0.25, 0.3) is 6.47 Å². The SMILES string of the molecule is CCOC=O.CNc1cc2c(s1)CCCC2.OC#CCNCCCO. The lowest BCUT2D eigenvalue weighted by Crippen LogP contribution is -2.16. The highest BCUT2D eigenvalue weighted by atomic mass is 32.1. The van der Waals surface area contributed by atoms with Gasteiger partial charge in [0.05, 0.1) is 18.2 Å². The Kier molecular flexibility index (Phi) is 15.9. The molecule has 1 aromatic heterocycles. The van der Waals surface area contributed by atoms with Crippen LogP contribution in [0.25, 0.3) is 0 Å². The number of nitrogens with one attached hydrogen (secondary N) is 2. The predicted molar refractivity (Wildman–Crippen MR) is 102 cm³/mol. The summed E-state index contributed by atoms with van der Waals surface area (Å²) < 4.78 is 4.15. The van der Waals surface area contributed by atoms with Gasteiger partial charge in [-0.3, -0.25) is 4.79 Å². The fourth-order valence-corrected chi connectivity index (χ4v) is 3.18. The van der Waals surface area contributed by atoms with Gasteiger partial charge in [0.1, 0.15) is 6.11 Å². The van der Waals surface area contributed by atoms with Crippen LogP contribution in [-0.2, 0) is 22.4 Å². The zero-order chi connectivity index (χ0) is 18.8. The highest BCUT2D eigenvalue weighted by molar-refractivity contribution is 7.16. The largest absolute Gasteiger partial charge is 0.468 e. The monoisotopic (exact) mass is 370 g/mol. The van der Waals surface area contributed by atoms with Crippen molar-refractivity contribution in [1.29, 1.82) is 0 Å². The summed E-state index contributed by atoms with van der Waals surface area (Å²) >= 11 is 1.92. The van der Waals surface area contributed by atoms with Crippen molar-refractivity contribution in [2.24, 2.45) is 0 Å². The van der Waals surface area contributed by atoms with E-state index in [1.807, 2.05) is 18.4 Å². The van der Waals surface area contributed by atoms with Gasteiger partial charge in [0.15, 0.2) is 0 Å².